The third kappa shape index (κ3) is 9.02. The average molecular weight is 703 g/mol. The summed E-state index contributed by atoms with van der Waals surface area (Å²) in [7, 11) is 0. The summed E-state index contributed by atoms with van der Waals surface area (Å²) in [4.78, 5) is 30.0. The zero-order valence-electron chi connectivity index (χ0n) is 27.8. The van der Waals surface area contributed by atoms with Crippen LogP contribution in [0.3, 0.4) is 0 Å². The van der Waals surface area contributed by atoms with Gasteiger partial charge in [0.1, 0.15) is 42.1 Å². The van der Waals surface area contributed by atoms with Crippen molar-refractivity contribution in [2.75, 3.05) is 19.7 Å². The molecule has 0 radical (unpaired) electrons. The van der Waals surface area contributed by atoms with Crippen LogP contribution in [0.1, 0.15) is 59.8 Å². The van der Waals surface area contributed by atoms with E-state index < -0.39 is 5.60 Å². The monoisotopic (exact) mass is 701 g/mol. The molecule has 5 rings (SSSR count). The molecule has 1 aromatic heterocycles. The molecule has 1 atom stereocenters. The van der Waals surface area contributed by atoms with Gasteiger partial charge in [0.15, 0.2) is 6.29 Å². The van der Waals surface area contributed by atoms with Crippen molar-refractivity contribution in [3.05, 3.63) is 105 Å². The van der Waals surface area contributed by atoms with Crippen molar-refractivity contribution in [3.63, 3.8) is 0 Å². The van der Waals surface area contributed by atoms with Gasteiger partial charge in [-0.15, -0.1) is 0 Å². The minimum absolute atomic E-state index is 0.0975. The fraction of sp³-hybridized carbons (Fsp3) is 0.316. The summed E-state index contributed by atoms with van der Waals surface area (Å²) >= 11 is 13.4. The van der Waals surface area contributed by atoms with Crippen molar-refractivity contribution >= 4 is 35.6 Å². The number of carbonyl (C=O) groups excluding carboxylic acids is 2. The number of rotatable bonds is 11. The van der Waals surface area contributed by atoms with E-state index in [1.807, 2.05) is 70.2 Å². The molecule has 2 heterocycles. The lowest BCUT2D eigenvalue weighted by Gasteiger charge is -2.24. The van der Waals surface area contributed by atoms with E-state index in [0.29, 0.717) is 59.4 Å². The van der Waals surface area contributed by atoms with Gasteiger partial charge in [-0.1, -0.05) is 53.5 Å². The van der Waals surface area contributed by atoms with E-state index in [4.69, 9.17) is 47.4 Å². The van der Waals surface area contributed by atoms with Gasteiger partial charge in [0.2, 0.25) is 0 Å². The molecule has 0 spiro atoms. The zero-order valence-corrected chi connectivity index (χ0v) is 29.3. The standard InChI is InChI=1S/C38H37Cl2N3O6/c1-24-28(23-48-35-15-34(29(20-44)14-32(35)39)47-22-27-13-26(16-41)17-42-18-27)7-5-8-30(24)31-9-6-10-33(36(31)40)46-21-25-11-12-43(19-25)37(45)49-38(2,3)4/h5-10,13-15,17-18,20,25H,11-12,19,21-23H2,1-4H3/t25-/m0/s1. The second kappa shape index (κ2) is 15.6. The van der Waals surface area contributed by atoms with Gasteiger partial charge >= 0.3 is 6.09 Å². The predicted octanol–water partition coefficient (Wildman–Crippen LogP) is 8.84. The first-order valence-corrected chi connectivity index (χ1v) is 16.6. The average Bonchev–Trinajstić information content (AvgIpc) is 3.56. The summed E-state index contributed by atoms with van der Waals surface area (Å²) in [6.07, 6.45) is 4.23. The summed E-state index contributed by atoms with van der Waals surface area (Å²) in [6.45, 7) is 9.48. The summed E-state index contributed by atoms with van der Waals surface area (Å²) in [5.74, 6) is 1.38. The van der Waals surface area contributed by atoms with Gasteiger partial charge in [0, 0.05) is 48.6 Å². The fourth-order valence-electron chi connectivity index (χ4n) is 5.45. The van der Waals surface area contributed by atoms with Crippen molar-refractivity contribution in [1.29, 1.82) is 5.26 Å². The Balaban J connectivity index is 1.26. The Bertz CT molecular complexity index is 1880. The second-order valence-electron chi connectivity index (χ2n) is 12.8. The molecule has 1 aliphatic rings. The van der Waals surface area contributed by atoms with Crippen molar-refractivity contribution in [2.24, 2.45) is 5.92 Å². The number of likely N-dealkylation sites (tertiary alicyclic amines) is 1. The SMILES string of the molecule is Cc1c(COc2cc(OCc3cncc(C#N)c3)c(C=O)cc2Cl)cccc1-c1cccc(OC[C@H]2CCN(C(=O)OC(C)(C)C)C2)c1Cl. The number of carbonyl (C=O) groups is 2. The van der Waals surface area contributed by atoms with Crippen LogP contribution in [0.15, 0.2) is 67.0 Å². The van der Waals surface area contributed by atoms with Gasteiger partial charge in [0.25, 0.3) is 0 Å². The number of benzene rings is 3. The molecule has 11 heteroatoms. The molecule has 1 amide bonds. The van der Waals surface area contributed by atoms with E-state index in [-0.39, 0.29) is 35.8 Å². The number of pyridine rings is 1. The first kappa shape index (κ1) is 35.5. The third-order valence-corrected chi connectivity index (χ3v) is 8.69. The highest BCUT2D eigenvalue weighted by Gasteiger charge is 2.30. The Hall–Kier alpha value is -4.78. The van der Waals surface area contributed by atoms with E-state index in [1.54, 1.807) is 23.2 Å². The smallest absolute Gasteiger partial charge is 0.410 e. The Labute approximate surface area is 296 Å². The molecule has 3 aromatic carbocycles. The molecular weight excluding hydrogens is 665 g/mol. The number of halogens is 2. The number of aromatic nitrogens is 1. The van der Waals surface area contributed by atoms with Crippen LogP contribution < -0.4 is 14.2 Å². The molecular formula is C38H37Cl2N3O6. The van der Waals surface area contributed by atoms with Crippen molar-refractivity contribution in [3.8, 4) is 34.4 Å². The fourth-order valence-corrected chi connectivity index (χ4v) is 5.96. The van der Waals surface area contributed by atoms with Crippen molar-refractivity contribution in [1.82, 2.24) is 9.88 Å². The largest absolute Gasteiger partial charge is 0.492 e. The quantitative estimate of drug-likeness (QED) is 0.143. The molecule has 1 aliphatic heterocycles. The van der Waals surface area contributed by atoms with Crippen LogP contribution in [0.4, 0.5) is 4.79 Å². The number of ether oxygens (including phenoxy) is 4. The predicted molar refractivity (Wildman–Crippen MR) is 187 cm³/mol. The first-order chi connectivity index (χ1) is 23.5. The normalized spacial score (nSPS) is 14.2. The molecule has 0 N–H and O–H groups in total. The van der Waals surface area contributed by atoms with E-state index in [1.165, 1.54) is 12.3 Å². The molecule has 0 bridgehead atoms. The van der Waals surface area contributed by atoms with E-state index in [0.717, 1.165) is 28.7 Å². The number of hydrogen-bond donors (Lipinski definition) is 0. The van der Waals surface area contributed by atoms with Gasteiger partial charge in [0.05, 0.1) is 27.8 Å². The zero-order chi connectivity index (χ0) is 35.1. The Morgan fingerprint density at radius 2 is 1.76 bits per heavy atom. The molecule has 9 nitrogen and oxygen atoms in total. The van der Waals surface area contributed by atoms with Crippen LogP contribution in [0.25, 0.3) is 11.1 Å². The van der Waals surface area contributed by atoms with Crippen LogP contribution in [0, 0.1) is 24.2 Å². The van der Waals surface area contributed by atoms with Crippen LogP contribution in [0.5, 0.6) is 17.2 Å². The first-order valence-electron chi connectivity index (χ1n) is 15.8. The minimum Gasteiger partial charge on any atom is -0.492 e. The van der Waals surface area contributed by atoms with E-state index in [9.17, 15) is 9.59 Å². The highest BCUT2D eigenvalue weighted by atomic mass is 35.5. The van der Waals surface area contributed by atoms with Gasteiger partial charge in [-0.3, -0.25) is 9.78 Å². The molecule has 254 valence electrons. The van der Waals surface area contributed by atoms with Gasteiger partial charge in [-0.05, 0) is 69.0 Å². The maximum Gasteiger partial charge on any atom is 0.410 e. The third-order valence-electron chi connectivity index (χ3n) is 8.00. The number of hydrogen-bond acceptors (Lipinski definition) is 8. The van der Waals surface area contributed by atoms with Gasteiger partial charge in [-0.25, -0.2) is 4.79 Å². The summed E-state index contributed by atoms with van der Waals surface area (Å²) in [5.41, 5.74) is 4.43. The summed E-state index contributed by atoms with van der Waals surface area (Å²) < 4.78 is 23.7. The van der Waals surface area contributed by atoms with E-state index >= 15 is 0 Å². The van der Waals surface area contributed by atoms with Gasteiger partial charge < -0.3 is 23.8 Å². The molecule has 1 saturated heterocycles. The molecule has 4 aromatic rings. The molecule has 49 heavy (non-hydrogen) atoms. The maximum atomic E-state index is 12.5. The maximum absolute atomic E-state index is 12.5. The number of amides is 1. The minimum atomic E-state index is -0.540. The van der Waals surface area contributed by atoms with Crippen LogP contribution in [-0.2, 0) is 18.0 Å². The van der Waals surface area contributed by atoms with Gasteiger partial charge in [-0.2, -0.15) is 5.26 Å². The topological polar surface area (TPSA) is 111 Å². The number of nitrogens with zero attached hydrogens (tertiary/aromatic N) is 3. The van der Waals surface area contributed by atoms with Crippen LogP contribution in [-0.4, -0.2) is 47.6 Å². The molecule has 1 fully saturated rings. The lowest BCUT2D eigenvalue weighted by Crippen LogP contribution is -2.35. The number of aldehydes is 1. The van der Waals surface area contributed by atoms with Crippen LogP contribution >= 0.6 is 23.2 Å². The van der Waals surface area contributed by atoms with Crippen molar-refractivity contribution < 1.29 is 28.5 Å². The lowest BCUT2D eigenvalue weighted by molar-refractivity contribution is 0.0284. The van der Waals surface area contributed by atoms with Crippen LogP contribution in [0.2, 0.25) is 10.0 Å². The van der Waals surface area contributed by atoms with E-state index in [2.05, 4.69) is 4.98 Å². The summed E-state index contributed by atoms with van der Waals surface area (Å²) in [6, 6.07) is 18.4. The Kier molecular flexibility index (Phi) is 11.3. The number of nitriles is 1. The Morgan fingerprint density at radius 1 is 1.00 bits per heavy atom. The summed E-state index contributed by atoms with van der Waals surface area (Å²) in [5, 5.41) is 9.91. The molecule has 0 aliphatic carbocycles. The molecule has 0 unspecified atom stereocenters. The lowest BCUT2D eigenvalue weighted by atomic mass is 9.96. The highest BCUT2D eigenvalue weighted by Crippen LogP contribution is 2.39. The second-order valence-corrected chi connectivity index (χ2v) is 13.6. The highest BCUT2D eigenvalue weighted by molar-refractivity contribution is 6.35. The molecule has 0 saturated carbocycles. The Morgan fingerprint density at radius 3 is 2.51 bits per heavy atom. The van der Waals surface area contributed by atoms with Crippen molar-refractivity contribution in [2.45, 2.75) is 52.9 Å².